The van der Waals surface area contributed by atoms with Crippen LogP contribution in [0.1, 0.15) is 110 Å². The van der Waals surface area contributed by atoms with Crippen LogP contribution in [0.5, 0.6) is 0 Å². The number of hydrogen-bond donors (Lipinski definition) is 3. The summed E-state index contributed by atoms with van der Waals surface area (Å²) in [5, 5.41) is 27.0. The second-order valence-electron chi connectivity index (χ2n) is 8.56. The van der Waals surface area contributed by atoms with Crippen molar-refractivity contribution in [2.45, 2.75) is 110 Å². The maximum Gasteiger partial charge on any atom is 0.305 e. The Kier molecular flexibility index (Phi) is 19.2. The maximum absolute atomic E-state index is 11.7. The summed E-state index contributed by atoms with van der Waals surface area (Å²) < 4.78 is 5.14. The summed E-state index contributed by atoms with van der Waals surface area (Å²) in [5.41, 5.74) is -0.740. The predicted octanol–water partition coefficient (Wildman–Crippen LogP) is 4.75. The minimum Gasteiger partial charge on any atom is -0.465 e. The van der Waals surface area contributed by atoms with Crippen molar-refractivity contribution in [1.82, 2.24) is 0 Å². The molecule has 0 aliphatic rings. The van der Waals surface area contributed by atoms with Crippen LogP contribution in [-0.4, -0.2) is 47.7 Å². The number of aliphatic hydroxyl groups excluding tert-OH is 3. The van der Waals surface area contributed by atoms with E-state index in [1.165, 1.54) is 77.0 Å². The number of ether oxygens (including phenoxy) is 1. The first-order chi connectivity index (χ1) is 13.6. The molecule has 0 saturated heterocycles. The average molecular weight is 403 g/mol. The molecule has 0 aliphatic heterocycles. The van der Waals surface area contributed by atoms with Crippen LogP contribution in [0.25, 0.3) is 0 Å². The van der Waals surface area contributed by atoms with Gasteiger partial charge in [-0.3, -0.25) is 4.79 Å². The molecule has 5 nitrogen and oxygen atoms in total. The van der Waals surface area contributed by atoms with Crippen LogP contribution >= 0.6 is 0 Å². The first-order valence-electron chi connectivity index (χ1n) is 11.6. The van der Waals surface area contributed by atoms with Gasteiger partial charge in [-0.1, -0.05) is 90.4 Å². The molecule has 0 spiro atoms. The molecule has 3 N–H and O–H groups in total. The van der Waals surface area contributed by atoms with E-state index in [9.17, 15) is 4.79 Å². The highest BCUT2D eigenvalue weighted by Crippen LogP contribution is 2.16. The van der Waals surface area contributed by atoms with E-state index in [1.807, 2.05) is 0 Å². The van der Waals surface area contributed by atoms with E-state index in [0.717, 1.165) is 19.3 Å². The van der Waals surface area contributed by atoms with Gasteiger partial charge in [0.05, 0.1) is 13.2 Å². The van der Waals surface area contributed by atoms with E-state index < -0.39 is 5.41 Å². The van der Waals surface area contributed by atoms with Crippen molar-refractivity contribution in [2.24, 2.45) is 5.41 Å². The van der Waals surface area contributed by atoms with E-state index in [-0.39, 0.29) is 25.8 Å². The molecule has 0 heterocycles. The second-order valence-corrected chi connectivity index (χ2v) is 8.56. The highest BCUT2D eigenvalue weighted by atomic mass is 16.5. The maximum atomic E-state index is 11.7. The smallest absolute Gasteiger partial charge is 0.305 e. The lowest BCUT2D eigenvalue weighted by Gasteiger charge is -2.23. The lowest BCUT2D eigenvalue weighted by atomic mass is 9.94. The number of esters is 1. The third kappa shape index (κ3) is 17.4. The van der Waals surface area contributed by atoms with Gasteiger partial charge in [-0.05, 0) is 12.8 Å². The fourth-order valence-electron chi connectivity index (χ4n) is 3.15. The Labute approximate surface area is 172 Å². The fourth-order valence-corrected chi connectivity index (χ4v) is 3.15. The summed E-state index contributed by atoms with van der Waals surface area (Å²) in [6, 6.07) is 0. The highest BCUT2D eigenvalue weighted by molar-refractivity contribution is 5.69. The van der Waals surface area contributed by atoms with E-state index in [1.54, 1.807) is 6.92 Å². The third-order valence-corrected chi connectivity index (χ3v) is 5.38. The zero-order valence-corrected chi connectivity index (χ0v) is 18.3. The third-order valence-electron chi connectivity index (χ3n) is 5.38. The first kappa shape index (κ1) is 27.4. The number of rotatable bonds is 21. The number of carbonyl (C=O) groups is 1. The molecule has 0 saturated carbocycles. The van der Waals surface area contributed by atoms with Gasteiger partial charge in [0, 0.05) is 18.4 Å². The average Bonchev–Trinajstić information content (AvgIpc) is 2.71. The Bertz CT molecular complexity index is 342. The minimum absolute atomic E-state index is 0.0720. The summed E-state index contributed by atoms with van der Waals surface area (Å²) in [6.45, 7) is 1.72. The SMILES string of the molecule is CC(CO)(CO)COC(=O)CCCCCCCCCCCCCCCCCO. The minimum atomic E-state index is -0.740. The predicted molar refractivity (Wildman–Crippen MR) is 114 cm³/mol. The highest BCUT2D eigenvalue weighted by Gasteiger charge is 2.24. The van der Waals surface area contributed by atoms with Gasteiger partial charge in [-0.2, -0.15) is 0 Å². The Balaban J connectivity index is 3.26. The zero-order valence-electron chi connectivity index (χ0n) is 18.3. The molecule has 0 amide bonds. The lowest BCUT2D eigenvalue weighted by Crippen LogP contribution is -2.32. The van der Waals surface area contributed by atoms with Gasteiger partial charge in [-0.25, -0.2) is 0 Å². The molecule has 0 bridgehead atoms. The number of carbonyl (C=O) groups excluding carboxylic acids is 1. The fraction of sp³-hybridized carbons (Fsp3) is 0.957. The number of unbranched alkanes of at least 4 members (excludes halogenated alkanes) is 14. The first-order valence-corrected chi connectivity index (χ1v) is 11.6. The Morgan fingerprint density at radius 2 is 1.00 bits per heavy atom. The van der Waals surface area contributed by atoms with Crippen LogP contribution < -0.4 is 0 Å². The van der Waals surface area contributed by atoms with E-state index >= 15 is 0 Å². The molecule has 0 rings (SSSR count). The van der Waals surface area contributed by atoms with Gasteiger partial charge in [0.2, 0.25) is 0 Å². The largest absolute Gasteiger partial charge is 0.465 e. The van der Waals surface area contributed by atoms with Crippen LogP contribution in [0.4, 0.5) is 0 Å². The van der Waals surface area contributed by atoms with Crippen molar-refractivity contribution >= 4 is 5.97 Å². The number of aliphatic hydroxyl groups is 3. The normalized spacial score (nSPS) is 11.7. The molecule has 28 heavy (non-hydrogen) atoms. The molecule has 0 unspecified atom stereocenters. The van der Waals surface area contributed by atoms with Crippen molar-refractivity contribution in [2.75, 3.05) is 26.4 Å². The van der Waals surface area contributed by atoms with Crippen LogP contribution in [0, 0.1) is 5.41 Å². The second kappa shape index (κ2) is 19.7. The summed E-state index contributed by atoms with van der Waals surface area (Å²) in [7, 11) is 0. The van der Waals surface area contributed by atoms with Crippen LogP contribution in [-0.2, 0) is 9.53 Å². The van der Waals surface area contributed by atoms with Crippen molar-refractivity contribution in [3.8, 4) is 0 Å². The van der Waals surface area contributed by atoms with Gasteiger partial charge in [0.1, 0.15) is 6.61 Å². The summed E-state index contributed by atoms with van der Waals surface area (Å²) >= 11 is 0. The molecule has 168 valence electrons. The molecule has 0 aromatic carbocycles. The van der Waals surface area contributed by atoms with Crippen molar-refractivity contribution in [3.63, 3.8) is 0 Å². The molecule has 0 radical (unpaired) electrons. The number of hydrogen-bond acceptors (Lipinski definition) is 5. The molecule has 0 aliphatic carbocycles. The Morgan fingerprint density at radius 3 is 1.36 bits per heavy atom. The molecule has 0 aromatic rings. The summed E-state index contributed by atoms with van der Waals surface area (Å²) in [6.07, 6.45) is 18.8. The van der Waals surface area contributed by atoms with Gasteiger partial charge >= 0.3 is 5.97 Å². The Hall–Kier alpha value is -0.650. The monoisotopic (exact) mass is 402 g/mol. The van der Waals surface area contributed by atoms with Crippen LogP contribution in [0.2, 0.25) is 0 Å². The summed E-state index contributed by atoms with van der Waals surface area (Å²) in [4.78, 5) is 11.7. The van der Waals surface area contributed by atoms with E-state index in [2.05, 4.69) is 0 Å². The van der Waals surface area contributed by atoms with Crippen molar-refractivity contribution in [1.29, 1.82) is 0 Å². The van der Waals surface area contributed by atoms with Crippen molar-refractivity contribution in [3.05, 3.63) is 0 Å². The van der Waals surface area contributed by atoms with Crippen molar-refractivity contribution < 1.29 is 24.9 Å². The molecular weight excluding hydrogens is 356 g/mol. The summed E-state index contributed by atoms with van der Waals surface area (Å²) in [5.74, 6) is -0.235. The Morgan fingerprint density at radius 1 is 0.643 bits per heavy atom. The van der Waals surface area contributed by atoms with E-state index in [4.69, 9.17) is 20.1 Å². The van der Waals surface area contributed by atoms with Crippen LogP contribution in [0.15, 0.2) is 0 Å². The topological polar surface area (TPSA) is 87.0 Å². The molecule has 0 aromatic heterocycles. The standard InChI is InChI=1S/C23H46O5/c1-23(19-25,20-26)21-28-22(27)17-15-13-11-9-7-5-3-2-4-6-8-10-12-14-16-18-24/h24-26H,2-21H2,1H3. The van der Waals surface area contributed by atoms with Gasteiger partial charge in [-0.15, -0.1) is 0 Å². The lowest BCUT2D eigenvalue weighted by molar-refractivity contribution is -0.149. The van der Waals surface area contributed by atoms with Gasteiger partial charge in [0.15, 0.2) is 0 Å². The van der Waals surface area contributed by atoms with Crippen LogP contribution in [0.3, 0.4) is 0 Å². The molecular formula is C23H46O5. The van der Waals surface area contributed by atoms with Gasteiger partial charge in [0.25, 0.3) is 0 Å². The van der Waals surface area contributed by atoms with E-state index in [0.29, 0.717) is 13.0 Å². The molecule has 0 atom stereocenters. The molecule has 0 fully saturated rings. The van der Waals surface area contributed by atoms with Gasteiger partial charge < -0.3 is 20.1 Å². The molecule has 5 heteroatoms. The quantitative estimate of drug-likeness (QED) is 0.190. The zero-order chi connectivity index (χ0) is 20.9.